The molecule has 1 amide bonds. The van der Waals surface area contributed by atoms with Crippen LogP contribution in [0.1, 0.15) is 50.2 Å². The number of carbonyl (C=O) groups excluding carboxylic acids is 1. The molecule has 0 spiro atoms. The second kappa shape index (κ2) is 8.95. The van der Waals surface area contributed by atoms with Gasteiger partial charge in [-0.25, -0.2) is 0 Å². The molecule has 0 heterocycles. The maximum atomic E-state index is 11.5. The number of hydrogen-bond acceptors (Lipinski definition) is 2. The third-order valence-corrected chi connectivity index (χ3v) is 3.11. The number of carbonyl (C=O) groups is 2. The number of amides is 1. The number of nitrogens with one attached hydrogen (secondary N) is 1. The van der Waals surface area contributed by atoms with Gasteiger partial charge in [0.25, 0.3) is 0 Å². The van der Waals surface area contributed by atoms with Crippen molar-refractivity contribution in [2.24, 2.45) is 0 Å². The van der Waals surface area contributed by atoms with Gasteiger partial charge in [0.05, 0.1) is 0 Å². The molecule has 0 radical (unpaired) electrons. The van der Waals surface area contributed by atoms with E-state index in [4.69, 9.17) is 5.11 Å². The summed E-state index contributed by atoms with van der Waals surface area (Å²) >= 11 is 0. The Morgan fingerprint density at radius 3 is 2.48 bits per heavy atom. The molecule has 0 aromatic heterocycles. The minimum Gasteiger partial charge on any atom is -0.481 e. The minimum atomic E-state index is -0.839. The van der Waals surface area contributed by atoms with Gasteiger partial charge < -0.3 is 10.4 Å². The lowest BCUT2D eigenvalue weighted by molar-refractivity contribution is -0.137. The van der Waals surface area contributed by atoms with Gasteiger partial charge in [-0.15, -0.1) is 0 Å². The Bertz CT molecular complexity index is 489. The summed E-state index contributed by atoms with van der Waals surface area (Å²) in [5, 5.41) is 11.2. The summed E-state index contributed by atoms with van der Waals surface area (Å²) in [6, 6.07) is 8.26. The lowest BCUT2D eigenvalue weighted by atomic mass is 10.0. The first-order valence-corrected chi connectivity index (χ1v) is 7.24. The van der Waals surface area contributed by atoms with Crippen molar-refractivity contribution < 1.29 is 14.7 Å². The van der Waals surface area contributed by atoms with E-state index in [2.05, 4.69) is 31.3 Å². The highest BCUT2D eigenvalue weighted by atomic mass is 16.4. The van der Waals surface area contributed by atoms with Gasteiger partial charge in [0.15, 0.2) is 0 Å². The molecule has 1 aromatic carbocycles. The molecule has 0 aliphatic rings. The van der Waals surface area contributed by atoms with Gasteiger partial charge in [-0.1, -0.05) is 50.3 Å². The van der Waals surface area contributed by atoms with E-state index >= 15 is 0 Å². The third-order valence-electron chi connectivity index (χ3n) is 3.11. The van der Waals surface area contributed by atoms with Crippen LogP contribution in [0, 0.1) is 0 Å². The van der Waals surface area contributed by atoms with Crippen LogP contribution in [0.25, 0.3) is 6.08 Å². The van der Waals surface area contributed by atoms with Crippen LogP contribution in [0.3, 0.4) is 0 Å². The zero-order valence-corrected chi connectivity index (χ0v) is 12.6. The van der Waals surface area contributed by atoms with Gasteiger partial charge in [-0.3, -0.25) is 9.59 Å². The summed E-state index contributed by atoms with van der Waals surface area (Å²) in [6.07, 6.45) is 4.58. The predicted molar refractivity (Wildman–Crippen MR) is 84.1 cm³/mol. The highest BCUT2D eigenvalue weighted by molar-refractivity contribution is 5.78. The highest BCUT2D eigenvalue weighted by Gasteiger charge is 2.00. The Labute approximate surface area is 125 Å². The molecule has 0 fully saturated rings. The molecule has 21 heavy (non-hydrogen) atoms. The van der Waals surface area contributed by atoms with Crippen LogP contribution >= 0.6 is 0 Å². The topological polar surface area (TPSA) is 66.4 Å². The largest absolute Gasteiger partial charge is 0.481 e. The lowest BCUT2D eigenvalue weighted by Crippen LogP contribution is -2.23. The number of carboxylic acid groups (broad SMARTS) is 1. The minimum absolute atomic E-state index is 0.0817. The predicted octanol–water partition coefficient (Wildman–Crippen LogP) is 3.19. The molecule has 0 aliphatic heterocycles. The molecule has 1 rings (SSSR count). The third kappa shape index (κ3) is 7.30. The summed E-state index contributed by atoms with van der Waals surface area (Å²) in [6.45, 7) is 4.71. The highest BCUT2D eigenvalue weighted by Crippen LogP contribution is 2.15. The van der Waals surface area contributed by atoms with Gasteiger partial charge in [-0.2, -0.15) is 0 Å². The molecule has 0 bridgehead atoms. The number of hydrogen-bond donors (Lipinski definition) is 2. The van der Waals surface area contributed by atoms with Crippen molar-refractivity contribution in [1.82, 2.24) is 5.32 Å². The van der Waals surface area contributed by atoms with Gasteiger partial charge in [-0.05, 0) is 23.5 Å². The van der Waals surface area contributed by atoms with Crippen LogP contribution < -0.4 is 5.32 Å². The van der Waals surface area contributed by atoms with Gasteiger partial charge >= 0.3 is 5.97 Å². The van der Waals surface area contributed by atoms with Crippen molar-refractivity contribution in [1.29, 1.82) is 0 Å². The number of aliphatic carboxylic acids is 1. The Hall–Kier alpha value is -2.10. The average molecular weight is 289 g/mol. The molecule has 114 valence electrons. The van der Waals surface area contributed by atoms with Crippen molar-refractivity contribution >= 4 is 18.0 Å². The van der Waals surface area contributed by atoms with Crippen LogP contribution in [-0.2, 0) is 9.59 Å². The zero-order chi connectivity index (χ0) is 15.7. The fraction of sp³-hybridized carbons (Fsp3) is 0.412. The van der Waals surface area contributed by atoms with Crippen LogP contribution in [0.2, 0.25) is 0 Å². The second-order valence-electron chi connectivity index (χ2n) is 5.28. The summed E-state index contributed by atoms with van der Waals surface area (Å²) in [7, 11) is 0. The van der Waals surface area contributed by atoms with E-state index in [0.717, 1.165) is 5.56 Å². The molecule has 0 saturated heterocycles. The van der Waals surface area contributed by atoms with Crippen LogP contribution in [-0.4, -0.2) is 23.5 Å². The van der Waals surface area contributed by atoms with Crippen molar-refractivity contribution in [3.8, 4) is 0 Å². The van der Waals surface area contributed by atoms with Gasteiger partial charge in [0.2, 0.25) is 5.91 Å². The van der Waals surface area contributed by atoms with Gasteiger partial charge in [0, 0.05) is 19.4 Å². The summed E-state index contributed by atoms with van der Waals surface area (Å²) in [5.41, 5.74) is 2.36. The molecule has 1 aromatic rings. The van der Waals surface area contributed by atoms with E-state index in [0.29, 0.717) is 25.3 Å². The van der Waals surface area contributed by atoms with E-state index in [1.807, 2.05) is 24.3 Å². The molecule has 0 atom stereocenters. The fourth-order valence-corrected chi connectivity index (χ4v) is 1.83. The first kappa shape index (κ1) is 17.0. The van der Waals surface area contributed by atoms with Crippen LogP contribution in [0.4, 0.5) is 0 Å². The SMILES string of the molecule is CC(C)c1ccc(/C=C/CC(=O)NCCCC(=O)O)cc1. The molecule has 2 N–H and O–H groups in total. The van der Waals surface area contributed by atoms with Gasteiger partial charge in [0.1, 0.15) is 0 Å². The summed E-state index contributed by atoms with van der Waals surface area (Å²) < 4.78 is 0. The monoisotopic (exact) mass is 289 g/mol. The first-order valence-electron chi connectivity index (χ1n) is 7.24. The normalized spacial score (nSPS) is 11.0. The van der Waals surface area contributed by atoms with Crippen molar-refractivity contribution in [2.45, 2.75) is 39.0 Å². The second-order valence-corrected chi connectivity index (χ2v) is 5.28. The molecular formula is C17H23NO3. The summed E-state index contributed by atoms with van der Waals surface area (Å²) in [5.74, 6) is -0.413. The summed E-state index contributed by atoms with van der Waals surface area (Å²) in [4.78, 5) is 21.8. The van der Waals surface area contributed by atoms with Crippen molar-refractivity contribution in [2.75, 3.05) is 6.54 Å². The van der Waals surface area contributed by atoms with E-state index < -0.39 is 5.97 Å². The fourth-order valence-electron chi connectivity index (χ4n) is 1.83. The molecular weight excluding hydrogens is 266 g/mol. The maximum Gasteiger partial charge on any atom is 0.303 e. The Kier molecular flexibility index (Phi) is 7.23. The number of benzene rings is 1. The zero-order valence-electron chi connectivity index (χ0n) is 12.6. The first-order chi connectivity index (χ1) is 9.99. The van der Waals surface area contributed by atoms with E-state index in [1.54, 1.807) is 0 Å². The molecule has 4 heteroatoms. The molecule has 0 aliphatic carbocycles. The molecule has 0 saturated carbocycles. The maximum absolute atomic E-state index is 11.5. The van der Waals surface area contributed by atoms with E-state index in [-0.39, 0.29) is 12.3 Å². The standard InChI is InChI=1S/C17H23NO3/c1-13(2)15-10-8-14(9-11-15)5-3-6-16(19)18-12-4-7-17(20)21/h3,5,8-11,13H,4,6-7,12H2,1-2H3,(H,18,19)(H,20,21)/b5-3+. The molecule has 4 nitrogen and oxygen atoms in total. The van der Waals surface area contributed by atoms with Crippen molar-refractivity contribution in [3.05, 3.63) is 41.5 Å². The Morgan fingerprint density at radius 1 is 1.24 bits per heavy atom. The van der Waals surface area contributed by atoms with E-state index in [9.17, 15) is 9.59 Å². The molecule has 0 unspecified atom stereocenters. The van der Waals surface area contributed by atoms with Crippen molar-refractivity contribution in [3.63, 3.8) is 0 Å². The Morgan fingerprint density at radius 2 is 1.90 bits per heavy atom. The Balaban J connectivity index is 2.30. The number of carboxylic acids is 1. The number of rotatable bonds is 8. The lowest BCUT2D eigenvalue weighted by Gasteiger charge is -2.04. The van der Waals surface area contributed by atoms with E-state index in [1.165, 1.54) is 5.56 Å². The smallest absolute Gasteiger partial charge is 0.303 e. The average Bonchev–Trinajstić information content (AvgIpc) is 2.44. The quantitative estimate of drug-likeness (QED) is 0.722. The van der Waals surface area contributed by atoms with Crippen LogP contribution in [0.5, 0.6) is 0 Å². The van der Waals surface area contributed by atoms with Crippen LogP contribution in [0.15, 0.2) is 30.3 Å².